The van der Waals surface area contributed by atoms with Gasteiger partial charge in [0.15, 0.2) is 0 Å². The molecule has 0 aliphatic carbocycles. The summed E-state index contributed by atoms with van der Waals surface area (Å²) in [5.41, 5.74) is 1.85. The van der Waals surface area contributed by atoms with Gasteiger partial charge in [0, 0.05) is 5.57 Å². The van der Waals surface area contributed by atoms with Gasteiger partial charge < -0.3 is 24.1 Å². The zero-order chi connectivity index (χ0) is 26.1. The summed E-state index contributed by atoms with van der Waals surface area (Å²) >= 11 is 0. The highest BCUT2D eigenvalue weighted by Gasteiger charge is 2.22. The molecule has 0 saturated carbocycles. The second-order valence-electron chi connectivity index (χ2n) is 7.17. The quantitative estimate of drug-likeness (QED) is 0.290. The maximum atomic E-state index is 11.5. The van der Waals surface area contributed by atoms with E-state index in [0.717, 1.165) is 11.1 Å². The summed E-state index contributed by atoms with van der Waals surface area (Å²) in [4.78, 5) is 45.0. The summed E-state index contributed by atoms with van der Waals surface area (Å²) in [5, 5.41) is 8.95. The van der Waals surface area contributed by atoms with E-state index >= 15 is 0 Å². The Morgan fingerprint density at radius 3 is 1.71 bits per heavy atom. The van der Waals surface area contributed by atoms with Gasteiger partial charge in [-0.15, -0.1) is 0 Å². The first-order valence-corrected chi connectivity index (χ1v) is 10.6. The van der Waals surface area contributed by atoms with Crippen LogP contribution >= 0.6 is 0 Å². The molecule has 1 atom stereocenters. The lowest BCUT2D eigenvalue weighted by atomic mass is 10.1. The molecule has 0 aliphatic rings. The van der Waals surface area contributed by atoms with E-state index in [1.165, 1.54) is 14.2 Å². The molecule has 0 unspecified atom stereocenters. The molecular weight excluding hydrogens is 456 g/mol. The van der Waals surface area contributed by atoms with Crippen LogP contribution in [0.3, 0.4) is 0 Å². The molecule has 0 fully saturated rings. The molecule has 188 valence electrons. The number of methoxy groups -OCH3 is 2. The molecule has 0 heterocycles. The summed E-state index contributed by atoms with van der Waals surface area (Å²) in [6.07, 6.45) is -0.338. The van der Waals surface area contributed by atoms with Crippen molar-refractivity contribution in [2.75, 3.05) is 20.8 Å². The third-order valence-electron chi connectivity index (χ3n) is 4.49. The van der Waals surface area contributed by atoms with Crippen molar-refractivity contribution in [2.24, 2.45) is 5.92 Å². The molecular formula is C26H30O9. The second kappa shape index (κ2) is 16.6. The zero-order valence-corrected chi connectivity index (χ0v) is 19.8. The predicted molar refractivity (Wildman–Crippen MR) is 125 cm³/mol. The Hall–Kier alpha value is -3.98. The number of carbonyl (C=O) groups excluding carboxylic acids is 4. The third kappa shape index (κ3) is 12.2. The number of aliphatic hydroxyl groups is 1. The topological polar surface area (TPSA) is 125 Å². The molecule has 2 aromatic carbocycles. The van der Waals surface area contributed by atoms with Crippen molar-refractivity contribution in [1.29, 1.82) is 0 Å². The highest BCUT2D eigenvalue weighted by molar-refractivity contribution is 5.93. The molecule has 2 aromatic rings. The molecule has 0 aromatic heterocycles. The van der Waals surface area contributed by atoms with E-state index in [-0.39, 0.29) is 31.6 Å². The van der Waals surface area contributed by atoms with Crippen molar-refractivity contribution in [3.8, 4) is 0 Å². The largest absolute Gasteiger partial charge is 0.469 e. The zero-order valence-electron chi connectivity index (χ0n) is 19.8. The van der Waals surface area contributed by atoms with Gasteiger partial charge in [-0.3, -0.25) is 14.4 Å². The fraction of sp³-hybridized carbons (Fsp3) is 0.308. The minimum absolute atomic E-state index is 0.0885. The molecule has 2 rings (SSSR count). The van der Waals surface area contributed by atoms with Crippen molar-refractivity contribution < 1.29 is 43.2 Å². The van der Waals surface area contributed by atoms with E-state index in [9.17, 15) is 19.2 Å². The van der Waals surface area contributed by atoms with Crippen molar-refractivity contribution >= 4 is 23.9 Å². The van der Waals surface area contributed by atoms with Crippen LogP contribution in [0.25, 0.3) is 0 Å². The third-order valence-corrected chi connectivity index (χ3v) is 4.49. The van der Waals surface area contributed by atoms with E-state index in [2.05, 4.69) is 16.1 Å². The molecule has 0 bridgehead atoms. The second-order valence-corrected chi connectivity index (χ2v) is 7.17. The van der Waals surface area contributed by atoms with Crippen molar-refractivity contribution in [3.05, 3.63) is 83.9 Å². The molecule has 9 nitrogen and oxygen atoms in total. The number of hydrogen-bond donors (Lipinski definition) is 1. The molecule has 0 amide bonds. The van der Waals surface area contributed by atoms with Crippen LogP contribution in [0, 0.1) is 5.92 Å². The first-order valence-electron chi connectivity index (χ1n) is 10.6. The minimum atomic E-state index is -0.863. The molecule has 0 spiro atoms. The minimum Gasteiger partial charge on any atom is -0.469 e. The molecule has 0 saturated heterocycles. The highest BCUT2D eigenvalue weighted by atomic mass is 16.5. The molecule has 9 heteroatoms. The summed E-state index contributed by atoms with van der Waals surface area (Å²) in [5.74, 6) is -3.11. The lowest BCUT2D eigenvalue weighted by Gasteiger charge is -2.11. The van der Waals surface area contributed by atoms with Crippen LogP contribution < -0.4 is 0 Å². The number of ether oxygens (including phenoxy) is 4. The summed E-state index contributed by atoms with van der Waals surface area (Å²) < 4.78 is 18.9. The standard InChI is InChI=1S/C13H16O5.C13H14O4/c1-17-13(16)11(8-14)7-12(15)18-9-10-5-3-2-4-6-10;1-10(13(15)16-2)8-12(14)17-9-11-6-4-3-5-7-11/h2-6,11,14H,7-9H2,1H3;3-7H,1,8-9H2,2H3/t11-;/m0./s1. The first kappa shape index (κ1) is 29.1. The van der Waals surface area contributed by atoms with Crippen LogP contribution in [0.1, 0.15) is 24.0 Å². The van der Waals surface area contributed by atoms with Crippen LogP contribution in [-0.2, 0) is 51.3 Å². The fourth-order valence-electron chi connectivity index (χ4n) is 2.57. The Bertz CT molecular complexity index is 955. The fourth-order valence-corrected chi connectivity index (χ4v) is 2.57. The van der Waals surface area contributed by atoms with Gasteiger partial charge in [-0.25, -0.2) is 4.79 Å². The van der Waals surface area contributed by atoms with Gasteiger partial charge in [-0.05, 0) is 11.1 Å². The van der Waals surface area contributed by atoms with Gasteiger partial charge in [0.25, 0.3) is 0 Å². The molecule has 1 N–H and O–H groups in total. The van der Waals surface area contributed by atoms with E-state index in [1.807, 2.05) is 60.7 Å². The Kier molecular flexibility index (Phi) is 13.8. The monoisotopic (exact) mass is 486 g/mol. The normalized spacial score (nSPS) is 10.6. The van der Waals surface area contributed by atoms with Gasteiger partial charge in [0.2, 0.25) is 0 Å². The number of esters is 4. The van der Waals surface area contributed by atoms with Crippen molar-refractivity contribution in [3.63, 3.8) is 0 Å². The molecule has 0 aliphatic heterocycles. The lowest BCUT2D eigenvalue weighted by Crippen LogP contribution is -2.24. The Morgan fingerprint density at radius 2 is 1.29 bits per heavy atom. The predicted octanol–water partition coefficient (Wildman–Crippen LogP) is 2.75. The average Bonchev–Trinajstić information content (AvgIpc) is 2.89. The summed E-state index contributed by atoms with van der Waals surface area (Å²) in [7, 11) is 2.45. The Morgan fingerprint density at radius 1 is 0.800 bits per heavy atom. The molecule has 0 radical (unpaired) electrons. The van der Waals surface area contributed by atoms with Crippen LogP contribution in [-0.4, -0.2) is 49.8 Å². The van der Waals surface area contributed by atoms with E-state index in [1.54, 1.807) is 0 Å². The van der Waals surface area contributed by atoms with Gasteiger partial charge >= 0.3 is 23.9 Å². The van der Waals surface area contributed by atoms with Gasteiger partial charge in [0.05, 0.1) is 39.6 Å². The SMILES string of the molecule is C=C(CC(=O)OCc1ccccc1)C(=O)OC.COC(=O)[C@H](CO)CC(=O)OCc1ccccc1. The Balaban J connectivity index is 0.000000351. The molecule has 35 heavy (non-hydrogen) atoms. The van der Waals surface area contributed by atoms with E-state index in [0.29, 0.717) is 0 Å². The van der Waals surface area contributed by atoms with Crippen LogP contribution in [0.4, 0.5) is 0 Å². The van der Waals surface area contributed by atoms with Gasteiger partial charge in [-0.1, -0.05) is 67.2 Å². The van der Waals surface area contributed by atoms with Crippen LogP contribution in [0.2, 0.25) is 0 Å². The van der Waals surface area contributed by atoms with Crippen LogP contribution in [0.5, 0.6) is 0 Å². The van der Waals surface area contributed by atoms with Crippen molar-refractivity contribution in [2.45, 2.75) is 26.1 Å². The van der Waals surface area contributed by atoms with Gasteiger partial charge in [-0.2, -0.15) is 0 Å². The van der Waals surface area contributed by atoms with E-state index < -0.39 is 36.4 Å². The Labute approximate surface area is 204 Å². The first-order chi connectivity index (χ1) is 16.8. The average molecular weight is 487 g/mol. The smallest absolute Gasteiger partial charge is 0.333 e. The maximum absolute atomic E-state index is 11.5. The highest BCUT2D eigenvalue weighted by Crippen LogP contribution is 2.08. The van der Waals surface area contributed by atoms with E-state index in [4.69, 9.17) is 14.6 Å². The van der Waals surface area contributed by atoms with Crippen LogP contribution in [0.15, 0.2) is 72.8 Å². The number of carbonyl (C=O) groups is 4. The number of benzene rings is 2. The number of rotatable bonds is 11. The number of hydrogen-bond acceptors (Lipinski definition) is 9. The summed E-state index contributed by atoms with van der Waals surface area (Å²) in [6, 6.07) is 18.5. The lowest BCUT2D eigenvalue weighted by molar-refractivity contribution is -0.155. The van der Waals surface area contributed by atoms with Gasteiger partial charge in [0.1, 0.15) is 13.2 Å². The number of aliphatic hydroxyl groups excluding tert-OH is 1. The maximum Gasteiger partial charge on any atom is 0.333 e. The van der Waals surface area contributed by atoms with Crippen molar-refractivity contribution in [1.82, 2.24) is 0 Å². The summed E-state index contributed by atoms with van der Waals surface area (Å²) in [6.45, 7) is 3.35.